The number of halogens is 6. The molecule has 0 atom stereocenters. The molecule has 0 aliphatic carbocycles. The van der Waals surface area contributed by atoms with E-state index in [1.807, 2.05) is 0 Å². The molecule has 0 fully saturated rings. The zero-order chi connectivity index (χ0) is 11.8. The average molecular weight is 290 g/mol. The van der Waals surface area contributed by atoms with E-state index in [1.54, 1.807) is 0 Å². The summed E-state index contributed by atoms with van der Waals surface area (Å²) < 4.78 is 61.1. The second-order valence-electron chi connectivity index (χ2n) is 2.81. The Balaban J connectivity index is 3.36. The zero-order valence-electron chi connectivity index (χ0n) is 7.37. The van der Waals surface area contributed by atoms with Gasteiger partial charge in [0.05, 0.1) is 0 Å². The second-order valence-corrected chi connectivity index (χ2v) is 3.56. The van der Waals surface area contributed by atoms with Gasteiger partial charge in [-0.2, -0.15) is 13.2 Å². The highest BCUT2D eigenvalue weighted by atomic mass is 79.9. The van der Waals surface area contributed by atoms with Gasteiger partial charge in [0.1, 0.15) is 10.3 Å². The van der Waals surface area contributed by atoms with E-state index in [1.165, 1.54) is 6.92 Å². The lowest BCUT2D eigenvalue weighted by Crippen LogP contribution is -2.10. The van der Waals surface area contributed by atoms with Crippen LogP contribution in [0.25, 0.3) is 0 Å². The first-order valence-electron chi connectivity index (χ1n) is 3.76. The van der Waals surface area contributed by atoms with Gasteiger partial charge in [-0.3, -0.25) is 0 Å². The molecule has 0 amide bonds. The minimum absolute atomic E-state index is 0.0120. The third kappa shape index (κ3) is 2.64. The Kier molecular flexibility index (Phi) is 3.32. The summed E-state index contributed by atoms with van der Waals surface area (Å²) in [5, 5.41) is 0. The van der Waals surface area contributed by atoms with Gasteiger partial charge in [-0.1, -0.05) is 0 Å². The van der Waals surface area contributed by atoms with Crippen LogP contribution >= 0.6 is 15.9 Å². The predicted octanol–water partition coefficient (Wildman–Crippen LogP) is 4.11. The molecule has 1 nitrogen and oxygen atoms in total. The highest BCUT2D eigenvalue weighted by molar-refractivity contribution is 9.10. The van der Waals surface area contributed by atoms with Crippen LogP contribution in [-0.4, -0.2) is 4.98 Å². The summed E-state index contributed by atoms with van der Waals surface area (Å²) in [5.41, 5.74) is -1.97. The van der Waals surface area contributed by atoms with Crippen molar-refractivity contribution in [3.8, 4) is 0 Å². The van der Waals surface area contributed by atoms with Crippen LogP contribution < -0.4 is 0 Å². The quantitative estimate of drug-likeness (QED) is 0.560. The molecular formula is C8H5BrF5N. The minimum Gasteiger partial charge on any atom is -0.236 e. The zero-order valence-corrected chi connectivity index (χ0v) is 8.96. The van der Waals surface area contributed by atoms with E-state index in [4.69, 9.17) is 0 Å². The van der Waals surface area contributed by atoms with Gasteiger partial charge in [0.2, 0.25) is 0 Å². The molecule has 1 aromatic rings. The van der Waals surface area contributed by atoms with E-state index in [9.17, 15) is 22.0 Å². The molecule has 0 bridgehead atoms. The summed E-state index contributed by atoms with van der Waals surface area (Å²) in [4.78, 5) is 3.15. The maximum atomic E-state index is 12.4. The van der Waals surface area contributed by atoms with E-state index in [-0.39, 0.29) is 10.2 Å². The number of rotatable bonds is 1. The average Bonchev–Trinajstić information content (AvgIpc) is 2.06. The number of pyridine rings is 1. The van der Waals surface area contributed by atoms with E-state index < -0.39 is 23.9 Å². The van der Waals surface area contributed by atoms with Crippen LogP contribution in [0.15, 0.2) is 10.7 Å². The Morgan fingerprint density at radius 3 is 2.27 bits per heavy atom. The van der Waals surface area contributed by atoms with Crippen molar-refractivity contribution in [2.24, 2.45) is 0 Å². The molecule has 0 saturated heterocycles. The normalized spacial score (nSPS) is 12.3. The number of nitrogens with zero attached hydrogens (tertiary/aromatic N) is 1. The van der Waals surface area contributed by atoms with Gasteiger partial charge in [-0.25, -0.2) is 13.8 Å². The van der Waals surface area contributed by atoms with E-state index in [2.05, 4.69) is 20.9 Å². The highest BCUT2D eigenvalue weighted by Crippen LogP contribution is 2.34. The standard InChI is InChI=1S/C8H5BrF5N/c1-3-4(7(10)11)2-5(8(12,13)14)15-6(3)9/h2,7H,1H3. The monoisotopic (exact) mass is 289 g/mol. The number of alkyl halides is 5. The Labute approximate surface area is 90.4 Å². The molecule has 1 heterocycles. The Morgan fingerprint density at radius 1 is 1.33 bits per heavy atom. The van der Waals surface area contributed by atoms with Crippen molar-refractivity contribution in [2.75, 3.05) is 0 Å². The summed E-state index contributed by atoms with van der Waals surface area (Å²) in [6.45, 7) is 1.28. The molecule has 0 radical (unpaired) electrons. The van der Waals surface area contributed by atoms with Gasteiger partial charge in [0.25, 0.3) is 6.43 Å². The molecule has 0 aliphatic rings. The lowest BCUT2D eigenvalue weighted by atomic mass is 10.1. The van der Waals surface area contributed by atoms with Crippen molar-refractivity contribution in [3.63, 3.8) is 0 Å². The fourth-order valence-electron chi connectivity index (χ4n) is 0.968. The molecule has 7 heteroatoms. The fraction of sp³-hybridized carbons (Fsp3) is 0.375. The van der Waals surface area contributed by atoms with Gasteiger partial charge in [-0.15, -0.1) is 0 Å². The van der Waals surface area contributed by atoms with Crippen molar-refractivity contribution >= 4 is 15.9 Å². The van der Waals surface area contributed by atoms with E-state index in [0.29, 0.717) is 6.07 Å². The third-order valence-corrected chi connectivity index (χ3v) is 2.55. The summed E-state index contributed by atoms with van der Waals surface area (Å²) in [7, 11) is 0. The maximum absolute atomic E-state index is 12.4. The summed E-state index contributed by atoms with van der Waals surface area (Å²) in [6.07, 6.45) is -7.68. The summed E-state index contributed by atoms with van der Waals surface area (Å²) in [6, 6.07) is 0.366. The molecule has 0 saturated carbocycles. The number of aromatic nitrogens is 1. The Morgan fingerprint density at radius 2 is 1.87 bits per heavy atom. The SMILES string of the molecule is Cc1c(C(F)F)cc(C(F)(F)F)nc1Br. The molecule has 0 unspecified atom stereocenters. The Bertz CT molecular complexity index is 374. The van der Waals surface area contributed by atoms with Crippen LogP contribution in [0.1, 0.15) is 23.2 Å². The molecule has 15 heavy (non-hydrogen) atoms. The molecule has 0 N–H and O–H groups in total. The topological polar surface area (TPSA) is 12.9 Å². The van der Waals surface area contributed by atoms with E-state index in [0.717, 1.165) is 0 Å². The van der Waals surface area contributed by atoms with Crippen molar-refractivity contribution < 1.29 is 22.0 Å². The molecular weight excluding hydrogens is 285 g/mol. The first-order chi connectivity index (χ1) is 6.73. The lowest BCUT2D eigenvalue weighted by Gasteiger charge is -2.11. The van der Waals surface area contributed by atoms with Crippen molar-refractivity contribution in [2.45, 2.75) is 19.5 Å². The van der Waals surface area contributed by atoms with Gasteiger partial charge in [0, 0.05) is 5.56 Å². The Hall–Kier alpha value is -0.720. The third-order valence-electron chi connectivity index (χ3n) is 1.78. The van der Waals surface area contributed by atoms with Crippen LogP contribution in [-0.2, 0) is 6.18 Å². The predicted molar refractivity (Wildman–Crippen MR) is 46.6 cm³/mol. The molecule has 0 aliphatic heterocycles. The van der Waals surface area contributed by atoms with Gasteiger partial charge in [-0.05, 0) is 34.5 Å². The van der Waals surface area contributed by atoms with Gasteiger partial charge >= 0.3 is 6.18 Å². The molecule has 0 spiro atoms. The van der Waals surface area contributed by atoms with Crippen LogP contribution in [0.5, 0.6) is 0 Å². The highest BCUT2D eigenvalue weighted by Gasteiger charge is 2.34. The number of hydrogen-bond donors (Lipinski definition) is 0. The second kappa shape index (κ2) is 4.03. The van der Waals surface area contributed by atoms with Crippen molar-refractivity contribution in [3.05, 3.63) is 27.5 Å². The van der Waals surface area contributed by atoms with Crippen molar-refractivity contribution in [1.29, 1.82) is 0 Å². The van der Waals surface area contributed by atoms with E-state index >= 15 is 0 Å². The smallest absolute Gasteiger partial charge is 0.236 e. The van der Waals surface area contributed by atoms with Gasteiger partial charge in [0.15, 0.2) is 0 Å². The van der Waals surface area contributed by atoms with Crippen molar-refractivity contribution in [1.82, 2.24) is 4.98 Å². The molecule has 84 valence electrons. The fourth-order valence-corrected chi connectivity index (χ4v) is 1.39. The molecule has 1 aromatic heterocycles. The first kappa shape index (κ1) is 12.4. The number of hydrogen-bond acceptors (Lipinski definition) is 1. The molecule has 1 rings (SSSR count). The maximum Gasteiger partial charge on any atom is 0.433 e. The first-order valence-corrected chi connectivity index (χ1v) is 4.55. The van der Waals surface area contributed by atoms with Crippen LogP contribution in [0.4, 0.5) is 22.0 Å². The lowest BCUT2D eigenvalue weighted by molar-refractivity contribution is -0.141. The van der Waals surface area contributed by atoms with Crippen LogP contribution in [0.3, 0.4) is 0 Å². The molecule has 0 aromatic carbocycles. The van der Waals surface area contributed by atoms with Gasteiger partial charge < -0.3 is 0 Å². The largest absolute Gasteiger partial charge is 0.433 e. The summed E-state index contributed by atoms with van der Waals surface area (Å²) in [5.74, 6) is 0. The van der Waals surface area contributed by atoms with Crippen LogP contribution in [0.2, 0.25) is 0 Å². The minimum atomic E-state index is -4.72. The summed E-state index contributed by atoms with van der Waals surface area (Å²) >= 11 is 2.71. The van der Waals surface area contributed by atoms with Crippen LogP contribution in [0, 0.1) is 6.92 Å².